The van der Waals surface area contributed by atoms with Crippen LogP contribution >= 0.6 is 0 Å². The van der Waals surface area contributed by atoms with Crippen LogP contribution in [0.2, 0.25) is 0 Å². The number of carbonyl (C=O) groups excluding carboxylic acids is 1. The predicted octanol–water partition coefficient (Wildman–Crippen LogP) is 4.48. The molecule has 0 N–H and O–H groups in total. The van der Waals surface area contributed by atoms with E-state index in [0.717, 1.165) is 28.8 Å². The summed E-state index contributed by atoms with van der Waals surface area (Å²) in [7, 11) is -3.93. The van der Waals surface area contributed by atoms with Crippen LogP contribution in [0.4, 0.5) is 11.4 Å². The van der Waals surface area contributed by atoms with E-state index in [2.05, 4.69) is 0 Å². The molecule has 1 aliphatic rings. The van der Waals surface area contributed by atoms with Crippen LogP contribution < -0.4 is 9.21 Å². The molecule has 160 valence electrons. The highest BCUT2D eigenvalue weighted by Gasteiger charge is 2.35. The van der Waals surface area contributed by atoms with Crippen LogP contribution in [0.25, 0.3) is 0 Å². The molecule has 0 spiro atoms. The number of anilines is 2. The second kappa shape index (κ2) is 8.19. The molecule has 6 heteroatoms. The molecule has 0 aliphatic carbocycles. The van der Waals surface area contributed by atoms with Gasteiger partial charge in [-0.05, 0) is 68.1 Å². The zero-order valence-corrected chi connectivity index (χ0v) is 18.8. The highest BCUT2D eigenvalue weighted by Crippen LogP contribution is 2.33. The van der Waals surface area contributed by atoms with Crippen molar-refractivity contribution >= 4 is 27.3 Å². The van der Waals surface area contributed by atoms with Gasteiger partial charge in [0.25, 0.3) is 10.0 Å². The van der Waals surface area contributed by atoms with Gasteiger partial charge in [-0.1, -0.05) is 48.5 Å². The fourth-order valence-corrected chi connectivity index (χ4v) is 5.64. The standard InChI is InChI=1S/C25H26N2O3S/c1-18-13-14-19(2)24(15-18)26(31(29,30)22-10-5-4-6-11-22)17-25(28)27-20(3)16-21-9-7-8-12-23(21)27/h4-15,20H,16-17H2,1-3H3/t20-/m1/s1. The van der Waals surface area contributed by atoms with Gasteiger partial charge in [-0.3, -0.25) is 9.10 Å². The minimum Gasteiger partial charge on any atom is -0.307 e. The van der Waals surface area contributed by atoms with Crippen LogP contribution in [0.5, 0.6) is 0 Å². The number of para-hydroxylation sites is 1. The molecule has 3 aromatic rings. The number of nitrogens with zero attached hydrogens (tertiary/aromatic N) is 2. The van der Waals surface area contributed by atoms with Gasteiger partial charge < -0.3 is 4.90 Å². The second-order valence-corrected chi connectivity index (χ2v) is 9.92. The van der Waals surface area contributed by atoms with Crippen molar-refractivity contribution in [3.05, 3.63) is 89.5 Å². The number of benzene rings is 3. The molecule has 1 atom stereocenters. The number of hydrogen-bond acceptors (Lipinski definition) is 3. The minimum absolute atomic E-state index is 0.0233. The van der Waals surface area contributed by atoms with E-state index < -0.39 is 10.0 Å². The van der Waals surface area contributed by atoms with E-state index in [1.54, 1.807) is 35.2 Å². The molecule has 0 fully saturated rings. The van der Waals surface area contributed by atoms with Gasteiger partial charge in [0.1, 0.15) is 6.54 Å². The van der Waals surface area contributed by atoms with Crippen molar-refractivity contribution in [1.82, 2.24) is 0 Å². The van der Waals surface area contributed by atoms with Crippen LogP contribution in [-0.4, -0.2) is 26.9 Å². The molecule has 5 nitrogen and oxygen atoms in total. The maximum Gasteiger partial charge on any atom is 0.264 e. The average molecular weight is 435 g/mol. The molecular weight excluding hydrogens is 408 g/mol. The highest BCUT2D eigenvalue weighted by molar-refractivity contribution is 7.92. The predicted molar refractivity (Wildman–Crippen MR) is 124 cm³/mol. The molecular formula is C25H26N2O3S. The van der Waals surface area contributed by atoms with Crippen molar-refractivity contribution in [3.63, 3.8) is 0 Å². The molecule has 1 heterocycles. The number of rotatable bonds is 5. The normalized spacial score (nSPS) is 15.6. The van der Waals surface area contributed by atoms with Gasteiger partial charge in [-0.25, -0.2) is 8.42 Å². The third kappa shape index (κ3) is 3.95. The molecule has 0 saturated carbocycles. The summed E-state index contributed by atoms with van der Waals surface area (Å²) in [6.45, 7) is 5.50. The summed E-state index contributed by atoms with van der Waals surface area (Å²) in [5.74, 6) is -0.238. The topological polar surface area (TPSA) is 57.7 Å². The van der Waals surface area contributed by atoms with Crippen LogP contribution in [0, 0.1) is 13.8 Å². The fourth-order valence-electron chi connectivity index (χ4n) is 4.15. The number of aryl methyl sites for hydroxylation is 2. The minimum atomic E-state index is -3.93. The van der Waals surface area contributed by atoms with Crippen molar-refractivity contribution in [3.8, 4) is 0 Å². The lowest BCUT2D eigenvalue weighted by Crippen LogP contribution is -2.45. The molecule has 31 heavy (non-hydrogen) atoms. The fraction of sp³-hybridized carbons (Fsp3) is 0.240. The number of carbonyl (C=O) groups is 1. The molecule has 0 bridgehead atoms. The van der Waals surface area contributed by atoms with Crippen molar-refractivity contribution in [2.75, 3.05) is 15.7 Å². The largest absolute Gasteiger partial charge is 0.307 e. The van der Waals surface area contributed by atoms with Crippen molar-refractivity contribution in [1.29, 1.82) is 0 Å². The van der Waals surface area contributed by atoms with E-state index in [-0.39, 0.29) is 23.4 Å². The zero-order chi connectivity index (χ0) is 22.2. The van der Waals surface area contributed by atoms with E-state index in [1.807, 2.05) is 63.2 Å². The summed E-state index contributed by atoms with van der Waals surface area (Å²) in [5.41, 5.74) is 4.22. The van der Waals surface area contributed by atoms with Gasteiger partial charge in [0.05, 0.1) is 10.6 Å². The maximum atomic E-state index is 13.6. The first-order valence-corrected chi connectivity index (χ1v) is 11.8. The molecule has 0 aromatic heterocycles. The van der Waals surface area contributed by atoms with E-state index in [4.69, 9.17) is 0 Å². The maximum absolute atomic E-state index is 13.6. The van der Waals surface area contributed by atoms with Gasteiger partial charge in [0, 0.05) is 11.7 Å². The number of sulfonamides is 1. The Hall–Kier alpha value is -3.12. The van der Waals surface area contributed by atoms with Crippen LogP contribution in [0.1, 0.15) is 23.6 Å². The van der Waals surface area contributed by atoms with E-state index >= 15 is 0 Å². The summed E-state index contributed by atoms with van der Waals surface area (Å²) in [5, 5.41) is 0. The molecule has 3 aromatic carbocycles. The lowest BCUT2D eigenvalue weighted by molar-refractivity contribution is -0.117. The Morgan fingerprint density at radius 1 is 1.00 bits per heavy atom. The monoisotopic (exact) mass is 434 g/mol. The number of amides is 1. The molecule has 4 rings (SSSR count). The summed E-state index contributed by atoms with van der Waals surface area (Å²) < 4.78 is 28.5. The Morgan fingerprint density at radius 2 is 1.68 bits per heavy atom. The number of fused-ring (bicyclic) bond motifs is 1. The summed E-state index contributed by atoms with van der Waals surface area (Å²) in [6, 6.07) is 21.7. The lowest BCUT2D eigenvalue weighted by atomic mass is 10.1. The molecule has 0 radical (unpaired) electrons. The van der Waals surface area contributed by atoms with E-state index in [9.17, 15) is 13.2 Å². The van der Waals surface area contributed by atoms with Crippen molar-refractivity contribution in [2.45, 2.75) is 38.1 Å². The first kappa shape index (κ1) is 21.1. The third-order valence-electron chi connectivity index (χ3n) is 5.72. The second-order valence-electron chi connectivity index (χ2n) is 8.06. The van der Waals surface area contributed by atoms with Crippen molar-refractivity contribution < 1.29 is 13.2 Å². The Balaban J connectivity index is 1.77. The summed E-state index contributed by atoms with van der Waals surface area (Å²) in [4.78, 5) is 15.4. The zero-order valence-electron chi connectivity index (χ0n) is 17.9. The molecule has 0 saturated heterocycles. The average Bonchev–Trinajstić information content (AvgIpc) is 3.10. The molecule has 1 amide bonds. The van der Waals surface area contributed by atoms with E-state index in [1.165, 1.54) is 4.31 Å². The third-order valence-corrected chi connectivity index (χ3v) is 7.49. The molecule has 1 aliphatic heterocycles. The molecule has 0 unspecified atom stereocenters. The SMILES string of the molecule is Cc1ccc(C)c(N(CC(=O)N2c3ccccc3C[C@H]2C)S(=O)(=O)c2ccccc2)c1. The Morgan fingerprint density at radius 3 is 2.42 bits per heavy atom. The highest BCUT2D eigenvalue weighted by atomic mass is 32.2. The first-order chi connectivity index (χ1) is 14.8. The van der Waals surface area contributed by atoms with Crippen molar-refractivity contribution in [2.24, 2.45) is 0 Å². The van der Waals surface area contributed by atoms with E-state index in [0.29, 0.717) is 5.69 Å². The smallest absolute Gasteiger partial charge is 0.264 e. The summed E-state index contributed by atoms with van der Waals surface area (Å²) in [6.07, 6.45) is 0.761. The van der Waals surface area contributed by atoms with Crippen LogP contribution in [-0.2, 0) is 21.2 Å². The van der Waals surface area contributed by atoms with Gasteiger partial charge in [0.15, 0.2) is 0 Å². The first-order valence-electron chi connectivity index (χ1n) is 10.3. The quantitative estimate of drug-likeness (QED) is 0.595. The number of hydrogen-bond donors (Lipinski definition) is 0. The lowest BCUT2D eigenvalue weighted by Gasteiger charge is -2.30. The summed E-state index contributed by atoms with van der Waals surface area (Å²) >= 11 is 0. The Labute approximate surface area is 184 Å². The van der Waals surface area contributed by atoms with Gasteiger partial charge in [0.2, 0.25) is 5.91 Å². The van der Waals surface area contributed by atoms with Crippen LogP contribution in [0.3, 0.4) is 0 Å². The Kier molecular flexibility index (Phi) is 5.58. The van der Waals surface area contributed by atoms with Gasteiger partial charge in [-0.15, -0.1) is 0 Å². The van der Waals surface area contributed by atoms with Gasteiger partial charge in [-0.2, -0.15) is 0 Å². The van der Waals surface area contributed by atoms with Gasteiger partial charge >= 0.3 is 0 Å². The Bertz CT molecular complexity index is 1220. The van der Waals surface area contributed by atoms with Crippen LogP contribution in [0.15, 0.2) is 77.7 Å².